The Labute approximate surface area is 188 Å². The molecule has 0 aliphatic rings. The number of anilines is 1. The number of aromatic nitrogens is 2. The third-order valence-electron chi connectivity index (χ3n) is 5.06. The average molecular weight is 454 g/mol. The number of thiophene rings is 1. The number of carbonyl (C=O) groups excluding carboxylic acids is 1. The molecule has 0 spiro atoms. The first-order valence-corrected chi connectivity index (χ1v) is 10.8. The summed E-state index contributed by atoms with van der Waals surface area (Å²) < 4.78 is 6.61. The monoisotopic (exact) mass is 453 g/mol. The highest BCUT2D eigenvalue weighted by atomic mass is 35.5. The van der Waals surface area contributed by atoms with Crippen LogP contribution in [0.2, 0.25) is 5.02 Å². The predicted molar refractivity (Wildman–Crippen MR) is 125 cm³/mol. The van der Waals surface area contributed by atoms with Gasteiger partial charge in [0.15, 0.2) is 0 Å². The first kappa shape index (κ1) is 21.1. The minimum absolute atomic E-state index is 0.141. The molecule has 6 nitrogen and oxygen atoms in total. The Morgan fingerprint density at radius 2 is 1.94 bits per heavy atom. The van der Waals surface area contributed by atoms with Crippen LogP contribution in [-0.4, -0.2) is 22.6 Å². The molecule has 0 fully saturated rings. The van der Waals surface area contributed by atoms with Gasteiger partial charge in [0.1, 0.15) is 22.9 Å². The molecule has 0 atom stereocenters. The fourth-order valence-electron chi connectivity index (χ4n) is 3.36. The molecule has 4 aromatic rings. The van der Waals surface area contributed by atoms with Crippen LogP contribution in [0.4, 0.5) is 5.69 Å². The lowest BCUT2D eigenvalue weighted by atomic mass is 10.1. The number of halogens is 1. The van der Waals surface area contributed by atoms with Crippen molar-refractivity contribution in [3.63, 3.8) is 0 Å². The molecule has 4 rings (SSSR count). The van der Waals surface area contributed by atoms with E-state index in [1.165, 1.54) is 15.9 Å². The van der Waals surface area contributed by atoms with Crippen molar-refractivity contribution < 1.29 is 9.53 Å². The number of nitrogens with zero attached hydrogens (tertiary/aromatic N) is 2. The number of amides is 1. The Bertz CT molecular complexity index is 1340. The summed E-state index contributed by atoms with van der Waals surface area (Å²) in [5.41, 5.74) is 2.94. The minimum Gasteiger partial charge on any atom is -0.497 e. The van der Waals surface area contributed by atoms with Gasteiger partial charge in [-0.1, -0.05) is 29.8 Å². The molecule has 0 bridgehead atoms. The number of benzene rings is 2. The van der Waals surface area contributed by atoms with Crippen LogP contribution >= 0.6 is 22.9 Å². The van der Waals surface area contributed by atoms with Gasteiger partial charge >= 0.3 is 0 Å². The number of fused-ring (bicyclic) bond motifs is 1. The Morgan fingerprint density at radius 1 is 1.19 bits per heavy atom. The van der Waals surface area contributed by atoms with Crippen LogP contribution in [-0.2, 0) is 11.3 Å². The summed E-state index contributed by atoms with van der Waals surface area (Å²) >= 11 is 7.45. The Balaban J connectivity index is 1.70. The highest BCUT2D eigenvalue weighted by molar-refractivity contribution is 7.17. The van der Waals surface area contributed by atoms with Crippen molar-refractivity contribution >= 4 is 44.7 Å². The Hall–Kier alpha value is -3.16. The van der Waals surface area contributed by atoms with E-state index in [-0.39, 0.29) is 18.0 Å². The van der Waals surface area contributed by atoms with Gasteiger partial charge in [0.05, 0.1) is 12.5 Å². The number of ether oxygens (including phenoxy) is 1. The lowest BCUT2D eigenvalue weighted by molar-refractivity contribution is -0.116. The van der Waals surface area contributed by atoms with Gasteiger partial charge in [-0.3, -0.25) is 14.2 Å². The molecule has 158 valence electrons. The van der Waals surface area contributed by atoms with Crippen molar-refractivity contribution in [2.45, 2.75) is 20.4 Å². The minimum atomic E-state index is -0.321. The van der Waals surface area contributed by atoms with Gasteiger partial charge < -0.3 is 10.1 Å². The molecular weight excluding hydrogens is 434 g/mol. The maximum absolute atomic E-state index is 13.3. The normalized spacial score (nSPS) is 11.0. The zero-order valence-corrected chi connectivity index (χ0v) is 18.8. The first-order valence-electron chi connectivity index (χ1n) is 9.56. The summed E-state index contributed by atoms with van der Waals surface area (Å²) in [6, 6.07) is 12.8. The van der Waals surface area contributed by atoms with Crippen molar-refractivity contribution in [2.75, 3.05) is 12.4 Å². The maximum Gasteiger partial charge on any atom is 0.263 e. The Morgan fingerprint density at radius 3 is 2.65 bits per heavy atom. The summed E-state index contributed by atoms with van der Waals surface area (Å²) in [7, 11) is 1.61. The van der Waals surface area contributed by atoms with E-state index < -0.39 is 0 Å². The summed E-state index contributed by atoms with van der Waals surface area (Å²) in [5, 5.41) is 5.78. The van der Waals surface area contributed by atoms with Gasteiger partial charge in [0.2, 0.25) is 5.91 Å². The van der Waals surface area contributed by atoms with E-state index in [4.69, 9.17) is 16.3 Å². The molecule has 0 unspecified atom stereocenters. The molecule has 2 aromatic heterocycles. The lowest BCUT2D eigenvalue weighted by Gasteiger charge is -2.12. The second kappa shape index (κ2) is 8.53. The molecule has 31 heavy (non-hydrogen) atoms. The number of carbonyl (C=O) groups is 1. The molecule has 1 N–H and O–H groups in total. The van der Waals surface area contributed by atoms with Crippen LogP contribution < -0.4 is 15.6 Å². The van der Waals surface area contributed by atoms with E-state index in [1.54, 1.807) is 26.2 Å². The summed E-state index contributed by atoms with van der Waals surface area (Å²) in [6.45, 7) is 3.46. The molecule has 1 amide bonds. The molecule has 0 radical (unpaired) electrons. The fraction of sp³-hybridized carbons (Fsp3) is 0.174. The number of aryl methyl sites for hydroxylation is 2. The maximum atomic E-state index is 13.3. The van der Waals surface area contributed by atoms with Gasteiger partial charge in [-0.25, -0.2) is 4.98 Å². The highest BCUT2D eigenvalue weighted by Gasteiger charge is 2.17. The van der Waals surface area contributed by atoms with Crippen molar-refractivity contribution in [3.05, 3.63) is 74.6 Å². The number of hydrogen-bond acceptors (Lipinski definition) is 5. The first-order chi connectivity index (χ1) is 14.9. The molecule has 0 saturated carbocycles. The van der Waals surface area contributed by atoms with Crippen molar-refractivity contribution in [1.82, 2.24) is 9.55 Å². The van der Waals surface area contributed by atoms with Crippen LogP contribution in [0.15, 0.2) is 52.6 Å². The van der Waals surface area contributed by atoms with Crippen LogP contribution in [0.3, 0.4) is 0 Å². The van der Waals surface area contributed by atoms with Gasteiger partial charge in [-0.15, -0.1) is 11.3 Å². The number of nitrogens with one attached hydrogen (secondary N) is 1. The summed E-state index contributed by atoms with van der Waals surface area (Å²) in [4.78, 5) is 31.2. The van der Waals surface area contributed by atoms with Gasteiger partial charge in [0.25, 0.3) is 5.56 Å². The molecular formula is C23H20ClN3O3S. The quantitative estimate of drug-likeness (QED) is 0.459. The van der Waals surface area contributed by atoms with E-state index in [2.05, 4.69) is 10.3 Å². The summed E-state index contributed by atoms with van der Waals surface area (Å²) in [6.07, 6.45) is 0. The standard InChI is InChI=1S/C23H20ClN3O3S/c1-13-4-7-16(24)10-19(13)26-20(28)11-27-14(2)25-22-21(23(27)29)18(12-31-22)15-5-8-17(30-3)9-6-15/h4-10,12H,11H2,1-3H3,(H,26,28). The second-order valence-corrected chi connectivity index (χ2v) is 8.41. The second-order valence-electron chi connectivity index (χ2n) is 7.12. The van der Waals surface area contributed by atoms with Crippen LogP contribution in [0, 0.1) is 13.8 Å². The Kier molecular flexibility index (Phi) is 5.80. The zero-order chi connectivity index (χ0) is 22.1. The summed E-state index contributed by atoms with van der Waals surface area (Å²) in [5.74, 6) is 0.902. The predicted octanol–water partition coefficient (Wildman–Crippen LogP) is 5.04. The third-order valence-corrected chi connectivity index (χ3v) is 6.17. The number of methoxy groups -OCH3 is 1. The molecule has 2 aromatic carbocycles. The average Bonchev–Trinajstić information content (AvgIpc) is 3.17. The smallest absolute Gasteiger partial charge is 0.263 e. The van der Waals surface area contributed by atoms with Crippen molar-refractivity contribution in [3.8, 4) is 16.9 Å². The number of rotatable bonds is 5. The van der Waals surface area contributed by atoms with E-state index >= 15 is 0 Å². The van der Waals surface area contributed by atoms with Crippen LogP contribution in [0.5, 0.6) is 5.75 Å². The molecule has 0 aliphatic heterocycles. The van der Waals surface area contributed by atoms with Crippen LogP contribution in [0.25, 0.3) is 21.3 Å². The molecule has 0 saturated heterocycles. The fourth-order valence-corrected chi connectivity index (χ4v) is 4.51. The van der Waals surface area contributed by atoms with E-state index in [1.807, 2.05) is 42.6 Å². The van der Waals surface area contributed by atoms with Gasteiger partial charge in [0, 0.05) is 21.7 Å². The van der Waals surface area contributed by atoms with E-state index in [9.17, 15) is 9.59 Å². The van der Waals surface area contributed by atoms with Gasteiger partial charge in [-0.2, -0.15) is 0 Å². The molecule has 8 heteroatoms. The van der Waals surface area contributed by atoms with E-state index in [0.717, 1.165) is 22.4 Å². The van der Waals surface area contributed by atoms with Crippen molar-refractivity contribution in [1.29, 1.82) is 0 Å². The van der Waals surface area contributed by atoms with Crippen molar-refractivity contribution in [2.24, 2.45) is 0 Å². The third kappa shape index (κ3) is 4.19. The largest absolute Gasteiger partial charge is 0.497 e. The van der Waals surface area contributed by atoms with E-state index in [0.29, 0.717) is 26.8 Å². The van der Waals surface area contributed by atoms with Gasteiger partial charge in [-0.05, 0) is 49.2 Å². The SMILES string of the molecule is COc1ccc(-c2csc3nc(C)n(CC(=O)Nc4cc(Cl)ccc4C)c(=O)c23)cc1. The number of hydrogen-bond donors (Lipinski definition) is 1. The highest BCUT2D eigenvalue weighted by Crippen LogP contribution is 2.32. The molecule has 2 heterocycles. The lowest BCUT2D eigenvalue weighted by Crippen LogP contribution is -2.30. The topological polar surface area (TPSA) is 73.2 Å². The molecule has 0 aliphatic carbocycles. The van der Waals surface area contributed by atoms with Crippen LogP contribution in [0.1, 0.15) is 11.4 Å². The zero-order valence-electron chi connectivity index (χ0n) is 17.2.